The van der Waals surface area contributed by atoms with Gasteiger partial charge in [-0.05, 0) is 36.8 Å². The van der Waals surface area contributed by atoms with Gasteiger partial charge < -0.3 is 4.57 Å². The summed E-state index contributed by atoms with van der Waals surface area (Å²) in [6, 6.07) is 14.5. The summed E-state index contributed by atoms with van der Waals surface area (Å²) in [6.07, 6.45) is -2.37. The summed E-state index contributed by atoms with van der Waals surface area (Å²) < 4.78 is 67.9. The van der Waals surface area contributed by atoms with Crippen LogP contribution in [0.5, 0.6) is 0 Å². The second kappa shape index (κ2) is 9.26. The zero-order chi connectivity index (χ0) is 24.5. The van der Waals surface area contributed by atoms with Crippen LogP contribution in [0.3, 0.4) is 0 Å². The van der Waals surface area contributed by atoms with Crippen molar-refractivity contribution in [2.24, 2.45) is 0 Å². The van der Waals surface area contributed by atoms with Gasteiger partial charge in [-0.25, -0.2) is 13.1 Å². The third-order valence-corrected chi connectivity index (χ3v) is 7.20. The Morgan fingerprint density at radius 2 is 1.68 bits per heavy atom. The number of alkyl halides is 3. The molecule has 0 fully saturated rings. The van der Waals surface area contributed by atoms with Gasteiger partial charge in [-0.15, -0.1) is 10.2 Å². The highest BCUT2D eigenvalue weighted by atomic mass is 32.2. The molecule has 0 unspecified atom stereocenters. The Morgan fingerprint density at radius 1 is 1.00 bits per heavy atom. The maximum Gasteiger partial charge on any atom is 0.434 e. The predicted octanol–water partition coefficient (Wildman–Crippen LogP) is 4.87. The van der Waals surface area contributed by atoms with Crippen molar-refractivity contribution in [3.8, 4) is 17.1 Å². The van der Waals surface area contributed by atoms with E-state index in [1.165, 1.54) is 23.9 Å². The molecule has 0 saturated carbocycles. The van der Waals surface area contributed by atoms with Crippen molar-refractivity contribution in [3.63, 3.8) is 0 Å². The van der Waals surface area contributed by atoms with Crippen LogP contribution in [0.15, 0.2) is 70.8 Å². The molecule has 7 nitrogen and oxygen atoms in total. The molecule has 0 saturated heterocycles. The number of thioether (sulfide) groups is 1. The third-order valence-electron chi connectivity index (χ3n) is 5.03. The summed E-state index contributed by atoms with van der Waals surface area (Å²) in [7, 11) is -3.29. The number of sulfone groups is 1. The van der Waals surface area contributed by atoms with Gasteiger partial charge in [0.1, 0.15) is 0 Å². The molecule has 178 valence electrons. The smallest absolute Gasteiger partial charge is 0.302 e. The Bertz CT molecular complexity index is 1400. The van der Waals surface area contributed by atoms with Crippen molar-refractivity contribution in [1.29, 1.82) is 0 Å². The van der Waals surface area contributed by atoms with E-state index in [4.69, 9.17) is 0 Å². The summed E-state index contributed by atoms with van der Waals surface area (Å²) in [4.78, 5) is 0.218. The summed E-state index contributed by atoms with van der Waals surface area (Å²) in [6.45, 7) is 2.15. The molecular formula is C22H20F3N5O2S2. The van der Waals surface area contributed by atoms with Crippen molar-refractivity contribution in [3.05, 3.63) is 72.1 Å². The van der Waals surface area contributed by atoms with Gasteiger partial charge in [-0.2, -0.15) is 18.3 Å². The highest BCUT2D eigenvalue weighted by Gasteiger charge is 2.40. The maximum absolute atomic E-state index is 14.1. The minimum atomic E-state index is -4.67. The standard InChI is InChI=1S/C22H20F3N5O2S2/c1-3-29-20(18-13-26-30(19(18)22(23,24)25)16-7-5-4-6-8-16)27-28-21(29)33-14-15-9-11-17(12-10-15)34(2,31)32/h4-13H,3,14H2,1-2H3. The van der Waals surface area contributed by atoms with Crippen LogP contribution in [0.1, 0.15) is 18.2 Å². The van der Waals surface area contributed by atoms with E-state index < -0.39 is 21.7 Å². The average Bonchev–Trinajstić information content (AvgIpc) is 3.41. The van der Waals surface area contributed by atoms with Gasteiger partial charge in [-0.3, -0.25) is 0 Å². The molecule has 34 heavy (non-hydrogen) atoms. The number of para-hydroxylation sites is 1. The first kappa shape index (κ1) is 24.0. The molecule has 0 bridgehead atoms. The van der Waals surface area contributed by atoms with Gasteiger partial charge in [0.25, 0.3) is 0 Å². The number of nitrogens with zero attached hydrogens (tertiary/aromatic N) is 5. The quantitative estimate of drug-likeness (QED) is 0.332. The normalized spacial score (nSPS) is 12.3. The molecule has 2 aromatic heterocycles. The van der Waals surface area contributed by atoms with Gasteiger partial charge in [0.2, 0.25) is 0 Å². The first-order valence-electron chi connectivity index (χ1n) is 10.2. The molecular weight excluding hydrogens is 487 g/mol. The third kappa shape index (κ3) is 4.87. The second-order valence-electron chi connectivity index (χ2n) is 7.41. The lowest BCUT2D eigenvalue weighted by atomic mass is 10.2. The van der Waals surface area contributed by atoms with Crippen molar-refractivity contribution in [2.45, 2.75) is 35.4 Å². The number of hydrogen-bond donors (Lipinski definition) is 0. The molecule has 0 spiro atoms. The van der Waals surface area contributed by atoms with Crippen molar-refractivity contribution in [2.75, 3.05) is 6.26 Å². The van der Waals surface area contributed by atoms with Gasteiger partial charge in [0, 0.05) is 18.6 Å². The molecule has 4 rings (SSSR count). The van der Waals surface area contributed by atoms with Crippen LogP contribution in [0.2, 0.25) is 0 Å². The Balaban J connectivity index is 1.66. The molecule has 0 aliphatic carbocycles. The highest BCUT2D eigenvalue weighted by Crippen LogP contribution is 2.38. The number of benzene rings is 2. The summed E-state index contributed by atoms with van der Waals surface area (Å²) in [5.74, 6) is 0.518. The molecule has 4 aromatic rings. The van der Waals surface area contributed by atoms with Crippen molar-refractivity contribution >= 4 is 21.6 Å². The molecule has 0 amide bonds. The second-order valence-corrected chi connectivity index (χ2v) is 10.4. The molecule has 12 heteroatoms. The van der Waals surface area contributed by atoms with E-state index in [0.717, 1.165) is 22.7 Å². The van der Waals surface area contributed by atoms with Gasteiger partial charge >= 0.3 is 6.18 Å². The summed E-state index contributed by atoms with van der Waals surface area (Å²) >= 11 is 1.30. The zero-order valence-corrected chi connectivity index (χ0v) is 19.8. The monoisotopic (exact) mass is 507 g/mol. The number of rotatable bonds is 7. The lowest BCUT2D eigenvalue weighted by Crippen LogP contribution is -2.15. The van der Waals surface area contributed by atoms with Gasteiger partial charge in [-0.1, -0.05) is 42.1 Å². The van der Waals surface area contributed by atoms with Gasteiger partial charge in [0.05, 0.1) is 22.3 Å². The van der Waals surface area contributed by atoms with E-state index in [1.807, 2.05) is 0 Å². The molecule has 0 aliphatic heterocycles. The molecule has 0 radical (unpaired) electrons. The Kier molecular flexibility index (Phi) is 6.54. The van der Waals surface area contributed by atoms with Crippen LogP contribution in [0.4, 0.5) is 13.2 Å². The largest absolute Gasteiger partial charge is 0.434 e. The van der Waals surface area contributed by atoms with Crippen LogP contribution in [-0.4, -0.2) is 39.2 Å². The van der Waals surface area contributed by atoms with E-state index >= 15 is 0 Å². The molecule has 2 heterocycles. The minimum Gasteiger partial charge on any atom is -0.302 e. The average molecular weight is 508 g/mol. The molecule has 0 atom stereocenters. The van der Waals surface area contributed by atoms with E-state index in [0.29, 0.717) is 17.5 Å². The number of hydrogen-bond acceptors (Lipinski definition) is 6. The predicted molar refractivity (Wildman–Crippen MR) is 122 cm³/mol. The fourth-order valence-electron chi connectivity index (χ4n) is 3.41. The Labute approximate surface area is 198 Å². The first-order valence-corrected chi connectivity index (χ1v) is 13.0. The zero-order valence-electron chi connectivity index (χ0n) is 18.2. The van der Waals surface area contributed by atoms with Crippen molar-refractivity contribution in [1.82, 2.24) is 24.5 Å². The van der Waals surface area contributed by atoms with E-state index in [9.17, 15) is 21.6 Å². The van der Waals surface area contributed by atoms with Crippen LogP contribution in [-0.2, 0) is 28.3 Å². The molecule has 0 N–H and O–H groups in total. The summed E-state index contributed by atoms with van der Waals surface area (Å²) in [5, 5.41) is 12.6. The molecule has 2 aromatic carbocycles. The van der Waals surface area contributed by atoms with Gasteiger partial charge in [0.15, 0.2) is 26.5 Å². The number of halogens is 3. The van der Waals surface area contributed by atoms with Crippen LogP contribution < -0.4 is 0 Å². The van der Waals surface area contributed by atoms with Crippen LogP contribution in [0.25, 0.3) is 17.1 Å². The Hall–Kier alpha value is -3.12. The van der Waals surface area contributed by atoms with E-state index in [-0.39, 0.29) is 22.0 Å². The fourth-order valence-corrected chi connectivity index (χ4v) is 5.00. The number of aromatic nitrogens is 5. The van der Waals surface area contributed by atoms with E-state index in [2.05, 4.69) is 15.3 Å². The minimum absolute atomic E-state index is 0.0759. The van der Waals surface area contributed by atoms with Crippen LogP contribution >= 0.6 is 11.8 Å². The maximum atomic E-state index is 14.1. The SMILES string of the molecule is CCn1c(SCc2ccc(S(C)(=O)=O)cc2)nnc1-c1cnn(-c2ccccc2)c1C(F)(F)F. The topological polar surface area (TPSA) is 82.7 Å². The fraction of sp³-hybridized carbons (Fsp3) is 0.227. The highest BCUT2D eigenvalue weighted by molar-refractivity contribution is 7.98. The lowest BCUT2D eigenvalue weighted by Gasteiger charge is -2.13. The van der Waals surface area contributed by atoms with Crippen molar-refractivity contribution < 1.29 is 21.6 Å². The van der Waals surface area contributed by atoms with Crippen LogP contribution in [0, 0.1) is 0 Å². The van der Waals surface area contributed by atoms with E-state index in [1.54, 1.807) is 54.0 Å². The first-order chi connectivity index (χ1) is 16.1. The lowest BCUT2D eigenvalue weighted by molar-refractivity contribution is -0.142. The summed E-state index contributed by atoms with van der Waals surface area (Å²) in [5.41, 5.74) is 0.0528. The molecule has 0 aliphatic rings. The Morgan fingerprint density at radius 3 is 2.26 bits per heavy atom.